The molecule has 2 saturated heterocycles. The van der Waals surface area contributed by atoms with Gasteiger partial charge in [0.2, 0.25) is 0 Å². The van der Waals surface area contributed by atoms with Gasteiger partial charge in [-0.2, -0.15) is 0 Å². The number of methoxy groups -OCH3 is 1. The number of benzene rings is 1. The average Bonchev–Trinajstić information content (AvgIpc) is 3.19. The summed E-state index contributed by atoms with van der Waals surface area (Å²) in [5, 5.41) is 3.38. The molecule has 2 aliphatic heterocycles. The van der Waals surface area contributed by atoms with E-state index < -0.39 is 0 Å². The highest BCUT2D eigenvalue weighted by molar-refractivity contribution is 6.33. The van der Waals surface area contributed by atoms with Crippen molar-refractivity contribution in [3.63, 3.8) is 0 Å². The minimum Gasteiger partial charge on any atom is -0.497 e. The third-order valence-electron chi connectivity index (χ3n) is 4.53. The summed E-state index contributed by atoms with van der Waals surface area (Å²) >= 11 is 6.17. The van der Waals surface area contributed by atoms with E-state index >= 15 is 0 Å². The molecule has 3 rings (SSSR count). The van der Waals surface area contributed by atoms with E-state index in [2.05, 4.69) is 10.2 Å². The first kappa shape index (κ1) is 15.4. The van der Waals surface area contributed by atoms with Crippen LogP contribution in [0.1, 0.15) is 19.3 Å². The molecule has 2 heterocycles. The van der Waals surface area contributed by atoms with E-state index in [0.717, 1.165) is 19.5 Å². The highest BCUT2D eigenvalue weighted by Crippen LogP contribution is 2.27. The molecule has 1 N–H and O–H groups in total. The number of hydrogen-bond acceptors (Lipinski definition) is 3. The molecule has 22 heavy (non-hydrogen) atoms. The molecule has 0 radical (unpaired) electrons. The number of anilines is 1. The molecule has 0 aliphatic carbocycles. The van der Waals surface area contributed by atoms with Gasteiger partial charge in [0.25, 0.3) is 0 Å². The minimum atomic E-state index is -0.0752. The number of urea groups is 1. The van der Waals surface area contributed by atoms with Crippen molar-refractivity contribution >= 4 is 23.3 Å². The highest BCUT2D eigenvalue weighted by atomic mass is 35.5. The number of rotatable bonds is 3. The molecule has 1 aromatic carbocycles. The Balaban J connectivity index is 1.58. The topological polar surface area (TPSA) is 44.8 Å². The third kappa shape index (κ3) is 3.31. The van der Waals surface area contributed by atoms with Crippen molar-refractivity contribution in [1.29, 1.82) is 0 Å². The largest absolute Gasteiger partial charge is 0.497 e. The number of halogens is 1. The first-order chi connectivity index (χ1) is 10.7. The summed E-state index contributed by atoms with van der Waals surface area (Å²) in [6, 6.07) is 5.70. The molecule has 6 heteroatoms. The maximum Gasteiger partial charge on any atom is 0.321 e. The van der Waals surface area contributed by atoms with Crippen molar-refractivity contribution in [2.75, 3.05) is 38.6 Å². The number of ether oxygens (including phenoxy) is 1. The molecule has 0 saturated carbocycles. The van der Waals surface area contributed by atoms with Crippen molar-refractivity contribution in [2.45, 2.75) is 25.3 Å². The monoisotopic (exact) mass is 323 g/mol. The predicted octanol–water partition coefficient (Wildman–Crippen LogP) is 3.05. The summed E-state index contributed by atoms with van der Waals surface area (Å²) in [7, 11) is 1.59. The van der Waals surface area contributed by atoms with E-state index in [0.29, 0.717) is 22.5 Å². The van der Waals surface area contributed by atoms with Crippen molar-refractivity contribution in [2.24, 2.45) is 0 Å². The van der Waals surface area contributed by atoms with Crippen LogP contribution in [0, 0.1) is 0 Å². The van der Waals surface area contributed by atoms with Crippen LogP contribution in [-0.2, 0) is 0 Å². The number of carbonyl (C=O) groups excluding carboxylic acids is 1. The van der Waals surface area contributed by atoms with Gasteiger partial charge in [-0.1, -0.05) is 11.6 Å². The van der Waals surface area contributed by atoms with E-state index in [9.17, 15) is 4.79 Å². The zero-order valence-electron chi connectivity index (χ0n) is 12.8. The van der Waals surface area contributed by atoms with E-state index in [1.165, 1.54) is 25.9 Å². The second-order valence-corrected chi connectivity index (χ2v) is 6.31. The zero-order valence-corrected chi connectivity index (χ0v) is 13.6. The Morgan fingerprint density at radius 3 is 2.77 bits per heavy atom. The molecule has 0 spiro atoms. The molecule has 1 atom stereocenters. The molecule has 2 fully saturated rings. The van der Waals surface area contributed by atoms with E-state index in [-0.39, 0.29) is 6.03 Å². The number of nitrogens with one attached hydrogen (secondary N) is 1. The molecule has 120 valence electrons. The fraction of sp³-hybridized carbons (Fsp3) is 0.562. The predicted molar refractivity (Wildman–Crippen MR) is 87.8 cm³/mol. The van der Waals surface area contributed by atoms with Gasteiger partial charge < -0.3 is 15.0 Å². The zero-order chi connectivity index (χ0) is 15.5. The van der Waals surface area contributed by atoms with Crippen LogP contribution in [0.2, 0.25) is 5.02 Å². The van der Waals surface area contributed by atoms with Gasteiger partial charge in [0, 0.05) is 25.2 Å². The number of amides is 2. The van der Waals surface area contributed by atoms with Crippen molar-refractivity contribution in [3.05, 3.63) is 23.2 Å². The average molecular weight is 324 g/mol. The molecule has 2 amide bonds. The maximum absolute atomic E-state index is 12.4. The van der Waals surface area contributed by atoms with Gasteiger partial charge in [0.05, 0.1) is 17.8 Å². The summed E-state index contributed by atoms with van der Waals surface area (Å²) in [5.74, 6) is 0.679. The van der Waals surface area contributed by atoms with E-state index in [1.807, 2.05) is 4.90 Å². The lowest BCUT2D eigenvalue weighted by Gasteiger charge is -2.23. The Morgan fingerprint density at radius 1 is 1.32 bits per heavy atom. The SMILES string of the molecule is COc1ccc(NC(=O)N2CCC(N3CCCC3)C2)c(Cl)c1. The number of carbonyl (C=O) groups is 1. The van der Waals surface area contributed by atoms with Gasteiger partial charge in [-0.15, -0.1) is 0 Å². The summed E-state index contributed by atoms with van der Waals surface area (Å²) in [6.45, 7) is 3.95. The smallest absolute Gasteiger partial charge is 0.321 e. The van der Waals surface area contributed by atoms with Crippen molar-refractivity contribution in [3.8, 4) is 5.75 Å². The summed E-state index contributed by atoms with van der Waals surface area (Å²) in [4.78, 5) is 16.8. The Morgan fingerprint density at radius 2 is 2.09 bits per heavy atom. The highest BCUT2D eigenvalue weighted by Gasteiger charge is 2.31. The van der Waals surface area contributed by atoms with Gasteiger partial charge in [-0.05, 0) is 44.5 Å². The quantitative estimate of drug-likeness (QED) is 0.930. The van der Waals surface area contributed by atoms with Gasteiger partial charge in [0.1, 0.15) is 5.75 Å². The molecule has 0 bridgehead atoms. The van der Waals surface area contributed by atoms with Crippen LogP contribution < -0.4 is 10.1 Å². The fourth-order valence-electron chi connectivity index (χ4n) is 3.25. The summed E-state index contributed by atoms with van der Waals surface area (Å²) < 4.78 is 5.11. The fourth-order valence-corrected chi connectivity index (χ4v) is 3.47. The van der Waals surface area contributed by atoms with Crippen LogP contribution in [0.3, 0.4) is 0 Å². The standard InChI is InChI=1S/C16H22ClN3O2/c1-22-13-4-5-15(14(17)10-13)18-16(21)20-9-6-12(11-20)19-7-2-3-8-19/h4-5,10,12H,2-3,6-9,11H2,1H3,(H,18,21). The summed E-state index contributed by atoms with van der Waals surface area (Å²) in [6.07, 6.45) is 3.62. The first-order valence-electron chi connectivity index (χ1n) is 7.81. The Bertz CT molecular complexity index is 546. The van der Waals surface area contributed by atoms with Crippen LogP contribution in [-0.4, -0.2) is 55.2 Å². The molecule has 1 aromatic rings. The van der Waals surface area contributed by atoms with Crippen molar-refractivity contribution < 1.29 is 9.53 Å². The Kier molecular flexibility index (Phi) is 4.74. The first-order valence-corrected chi connectivity index (χ1v) is 8.18. The normalized spacial score (nSPS) is 22.1. The van der Waals surface area contributed by atoms with Gasteiger partial charge in [-0.25, -0.2) is 4.79 Å². The van der Waals surface area contributed by atoms with Gasteiger partial charge in [-0.3, -0.25) is 4.90 Å². The maximum atomic E-state index is 12.4. The minimum absolute atomic E-state index is 0.0752. The summed E-state index contributed by atoms with van der Waals surface area (Å²) in [5.41, 5.74) is 0.622. The van der Waals surface area contributed by atoms with E-state index in [4.69, 9.17) is 16.3 Å². The molecule has 1 unspecified atom stereocenters. The van der Waals surface area contributed by atoms with Crippen molar-refractivity contribution in [1.82, 2.24) is 9.80 Å². The van der Waals surface area contributed by atoms with Crippen LogP contribution in [0.25, 0.3) is 0 Å². The lowest BCUT2D eigenvalue weighted by atomic mass is 10.2. The van der Waals surface area contributed by atoms with Gasteiger partial charge >= 0.3 is 6.03 Å². The van der Waals surface area contributed by atoms with Crippen LogP contribution in [0.5, 0.6) is 5.75 Å². The number of likely N-dealkylation sites (tertiary alicyclic amines) is 2. The van der Waals surface area contributed by atoms with Gasteiger partial charge in [0.15, 0.2) is 0 Å². The molecule has 5 nitrogen and oxygen atoms in total. The Hall–Kier alpha value is -1.46. The van der Waals surface area contributed by atoms with Crippen LogP contribution in [0.15, 0.2) is 18.2 Å². The third-order valence-corrected chi connectivity index (χ3v) is 4.84. The Labute approximate surface area is 136 Å². The molecular formula is C16H22ClN3O2. The lowest BCUT2D eigenvalue weighted by molar-refractivity contribution is 0.210. The molecule has 0 aromatic heterocycles. The van der Waals surface area contributed by atoms with Crippen LogP contribution >= 0.6 is 11.6 Å². The lowest BCUT2D eigenvalue weighted by Crippen LogP contribution is -2.38. The molecule has 2 aliphatic rings. The number of nitrogens with zero attached hydrogens (tertiary/aromatic N) is 2. The second-order valence-electron chi connectivity index (χ2n) is 5.91. The number of hydrogen-bond donors (Lipinski definition) is 1. The molecular weight excluding hydrogens is 302 g/mol. The van der Waals surface area contributed by atoms with E-state index in [1.54, 1.807) is 25.3 Å². The second kappa shape index (κ2) is 6.75. The van der Waals surface area contributed by atoms with Crippen LogP contribution in [0.4, 0.5) is 10.5 Å².